The summed E-state index contributed by atoms with van der Waals surface area (Å²) in [5, 5.41) is 10.4. The van der Waals surface area contributed by atoms with Crippen molar-refractivity contribution in [3.63, 3.8) is 0 Å². The van der Waals surface area contributed by atoms with E-state index in [1.54, 1.807) is 17.9 Å². The molecule has 1 aliphatic rings. The van der Waals surface area contributed by atoms with Crippen molar-refractivity contribution in [2.24, 2.45) is 5.10 Å². The third kappa shape index (κ3) is 4.15. The summed E-state index contributed by atoms with van der Waals surface area (Å²) in [4.78, 5) is 0. The van der Waals surface area contributed by atoms with Crippen molar-refractivity contribution < 1.29 is 22.6 Å². The zero-order valence-corrected chi connectivity index (χ0v) is 10.7. The quantitative estimate of drug-likeness (QED) is 0.497. The van der Waals surface area contributed by atoms with Gasteiger partial charge in [-0.15, -0.1) is 23.0 Å². The van der Waals surface area contributed by atoms with Crippen molar-refractivity contribution >= 4 is 12.2 Å². The molecule has 108 valence electrons. The van der Waals surface area contributed by atoms with Crippen molar-refractivity contribution in [1.82, 2.24) is 10.6 Å². The second-order valence-corrected chi connectivity index (χ2v) is 4.09. The van der Waals surface area contributed by atoms with Gasteiger partial charge in [-0.2, -0.15) is 0 Å². The van der Waals surface area contributed by atoms with Gasteiger partial charge in [-0.05, 0) is 29.8 Å². The molecule has 1 saturated heterocycles. The predicted molar refractivity (Wildman–Crippen MR) is 67.9 cm³/mol. The molecule has 0 aliphatic carbocycles. The Morgan fingerprint density at radius 2 is 1.80 bits per heavy atom. The average molecular weight is 287 g/mol. The lowest BCUT2D eigenvalue weighted by Gasteiger charge is -2.08. The fraction of sp³-hybridized carbons (Fsp3) is 0.333. The molecule has 5 nitrogen and oxygen atoms in total. The molecule has 0 radical (unpaired) electrons. The standard InChI is InChI=1S/C12H13F3N4O/c1-19(11-16-6-7-17-11)18-8-9-2-4-10(5-3-9)20-12(13,14)15/h2-5,8H,6-7H2,1H3,(H,16,17)/p+1/b18-8+. The molecule has 0 bridgehead atoms. The molecule has 1 heterocycles. The Balaban J connectivity index is 2.02. The number of rotatable bonds is 3. The van der Waals surface area contributed by atoms with E-state index in [0.29, 0.717) is 5.56 Å². The number of hydrazone groups is 1. The number of hydrogen-bond donors (Lipinski definition) is 2. The van der Waals surface area contributed by atoms with Gasteiger partial charge in [0.15, 0.2) is 0 Å². The molecule has 20 heavy (non-hydrogen) atoms. The minimum atomic E-state index is -4.67. The molecular formula is C12H14F3N4O+. The van der Waals surface area contributed by atoms with E-state index in [1.807, 2.05) is 0 Å². The molecule has 1 fully saturated rings. The van der Waals surface area contributed by atoms with Gasteiger partial charge in [0.2, 0.25) is 0 Å². The Morgan fingerprint density at radius 1 is 1.20 bits per heavy atom. The maximum atomic E-state index is 12.0. The van der Waals surface area contributed by atoms with Gasteiger partial charge < -0.3 is 4.74 Å². The van der Waals surface area contributed by atoms with Gasteiger partial charge in [0.25, 0.3) is 0 Å². The Morgan fingerprint density at radius 3 is 2.35 bits per heavy atom. The summed E-state index contributed by atoms with van der Waals surface area (Å²) in [6, 6.07) is 5.49. The van der Waals surface area contributed by atoms with Crippen molar-refractivity contribution in [3.05, 3.63) is 29.8 Å². The van der Waals surface area contributed by atoms with E-state index >= 15 is 0 Å². The lowest BCUT2D eigenvalue weighted by atomic mass is 10.2. The molecule has 0 unspecified atom stereocenters. The van der Waals surface area contributed by atoms with Crippen LogP contribution in [0.2, 0.25) is 0 Å². The van der Waals surface area contributed by atoms with E-state index in [0.717, 1.165) is 19.0 Å². The molecule has 1 aromatic carbocycles. The topological polar surface area (TPSA) is 48.7 Å². The highest BCUT2D eigenvalue weighted by molar-refractivity contribution is 5.80. The monoisotopic (exact) mass is 287 g/mol. The van der Waals surface area contributed by atoms with Crippen LogP contribution in [0.25, 0.3) is 0 Å². The number of halogens is 3. The Bertz CT molecular complexity index is 514. The van der Waals surface area contributed by atoms with E-state index in [1.165, 1.54) is 24.3 Å². The largest absolute Gasteiger partial charge is 0.573 e. The SMILES string of the molecule is C[N+](/N=C/c1ccc(OC(F)(F)F)cc1)=C1NCCN1. The molecule has 2 N–H and O–H groups in total. The molecule has 0 saturated carbocycles. The highest BCUT2D eigenvalue weighted by Crippen LogP contribution is 2.22. The van der Waals surface area contributed by atoms with Crippen molar-refractivity contribution in [2.75, 3.05) is 20.1 Å². The molecule has 1 aromatic rings. The molecule has 2 rings (SSSR count). The van der Waals surface area contributed by atoms with Crippen LogP contribution in [-0.4, -0.2) is 43.4 Å². The smallest absolute Gasteiger partial charge is 0.406 e. The normalized spacial score (nSPS) is 15.1. The summed E-state index contributed by atoms with van der Waals surface area (Å²) in [7, 11) is 1.76. The number of nitrogens with zero attached hydrogens (tertiary/aromatic N) is 2. The molecule has 0 atom stereocenters. The first-order valence-electron chi connectivity index (χ1n) is 5.92. The van der Waals surface area contributed by atoms with Gasteiger partial charge in [-0.25, -0.2) is 0 Å². The van der Waals surface area contributed by atoms with Gasteiger partial charge in [-0.3, -0.25) is 10.6 Å². The van der Waals surface area contributed by atoms with E-state index in [9.17, 15) is 13.2 Å². The summed E-state index contributed by atoms with van der Waals surface area (Å²) in [6.45, 7) is 1.66. The minimum absolute atomic E-state index is 0.253. The second kappa shape index (κ2) is 5.81. The maximum absolute atomic E-state index is 12.0. The van der Waals surface area contributed by atoms with Crippen LogP contribution in [-0.2, 0) is 0 Å². The third-order valence-electron chi connectivity index (χ3n) is 2.53. The number of hydrogen-bond acceptors (Lipinski definition) is 2. The molecular weight excluding hydrogens is 273 g/mol. The first-order valence-corrected chi connectivity index (χ1v) is 5.92. The average Bonchev–Trinajstić information content (AvgIpc) is 2.89. The number of nitrogens with one attached hydrogen (secondary N) is 2. The summed E-state index contributed by atoms with van der Waals surface area (Å²) < 4.78 is 41.4. The summed E-state index contributed by atoms with van der Waals surface area (Å²) in [5.74, 6) is 0.537. The van der Waals surface area contributed by atoms with E-state index in [2.05, 4.69) is 20.5 Å². The predicted octanol–water partition coefficient (Wildman–Crippen LogP) is 1.11. The molecule has 1 aliphatic heterocycles. The first-order chi connectivity index (χ1) is 9.44. The fourth-order valence-corrected chi connectivity index (χ4v) is 1.62. The van der Waals surface area contributed by atoms with Crippen LogP contribution in [0.5, 0.6) is 5.75 Å². The minimum Gasteiger partial charge on any atom is -0.406 e. The van der Waals surface area contributed by atoms with Gasteiger partial charge in [0.05, 0.1) is 26.4 Å². The summed E-state index contributed by atoms with van der Waals surface area (Å²) in [5.41, 5.74) is 0.671. The van der Waals surface area contributed by atoms with Crippen LogP contribution in [0.4, 0.5) is 13.2 Å². The number of ether oxygens (including phenoxy) is 1. The van der Waals surface area contributed by atoms with Gasteiger partial charge in [0, 0.05) is 0 Å². The maximum Gasteiger partial charge on any atom is 0.573 e. The Hall–Kier alpha value is -2.25. The van der Waals surface area contributed by atoms with E-state index < -0.39 is 6.36 Å². The van der Waals surface area contributed by atoms with Crippen LogP contribution < -0.4 is 15.4 Å². The molecule has 8 heteroatoms. The number of alkyl halides is 3. The van der Waals surface area contributed by atoms with Crippen molar-refractivity contribution in [3.8, 4) is 5.75 Å². The Labute approximate surface area is 113 Å². The van der Waals surface area contributed by atoms with Crippen LogP contribution in [0.3, 0.4) is 0 Å². The summed E-state index contributed by atoms with van der Waals surface area (Å²) in [6.07, 6.45) is -3.13. The molecule has 0 amide bonds. The highest BCUT2D eigenvalue weighted by Gasteiger charge is 2.30. The third-order valence-corrected chi connectivity index (χ3v) is 2.53. The molecule has 0 spiro atoms. The van der Waals surface area contributed by atoms with Gasteiger partial charge in [0.1, 0.15) is 5.75 Å². The van der Waals surface area contributed by atoms with Crippen LogP contribution in [0.15, 0.2) is 29.4 Å². The molecule has 0 aromatic heterocycles. The Kier molecular flexibility index (Phi) is 4.11. The van der Waals surface area contributed by atoms with Gasteiger partial charge >= 0.3 is 12.3 Å². The lowest BCUT2D eigenvalue weighted by molar-refractivity contribution is -0.505. The van der Waals surface area contributed by atoms with Crippen molar-refractivity contribution in [2.45, 2.75) is 6.36 Å². The highest BCUT2D eigenvalue weighted by atomic mass is 19.4. The lowest BCUT2D eigenvalue weighted by Crippen LogP contribution is -2.31. The van der Waals surface area contributed by atoms with E-state index in [4.69, 9.17) is 0 Å². The number of benzene rings is 1. The van der Waals surface area contributed by atoms with Crippen LogP contribution in [0.1, 0.15) is 5.56 Å². The number of guanidine groups is 1. The van der Waals surface area contributed by atoms with E-state index in [-0.39, 0.29) is 5.75 Å². The zero-order chi connectivity index (χ0) is 14.6. The second-order valence-electron chi connectivity index (χ2n) is 4.09. The fourth-order valence-electron chi connectivity index (χ4n) is 1.62. The van der Waals surface area contributed by atoms with Crippen LogP contribution >= 0.6 is 0 Å². The van der Waals surface area contributed by atoms with Gasteiger partial charge in [-0.1, -0.05) is 0 Å². The summed E-state index contributed by atoms with van der Waals surface area (Å²) >= 11 is 0. The first kappa shape index (κ1) is 14.2. The zero-order valence-electron chi connectivity index (χ0n) is 10.7. The van der Waals surface area contributed by atoms with Crippen molar-refractivity contribution in [1.29, 1.82) is 0 Å². The van der Waals surface area contributed by atoms with Crippen LogP contribution in [0, 0.1) is 0 Å².